The molecule has 6 heteroatoms. The normalized spacial score (nSPS) is 20.7. The summed E-state index contributed by atoms with van der Waals surface area (Å²) in [4.78, 5) is 0. The molecule has 1 heterocycles. The molecule has 3 rings (SSSR count). The fourth-order valence-electron chi connectivity index (χ4n) is 4.90. The van der Waals surface area contributed by atoms with Crippen molar-refractivity contribution in [2.24, 2.45) is 0 Å². The van der Waals surface area contributed by atoms with Crippen LogP contribution in [0.1, 0.15) is 54.4 Å². The Hall–Kier alpha value is -1.55. The summed E-state index contributed by atoms with van der Waals surface area (Å²) in [5.41, 5.74) is 0. The molecule has 1 saturated heterocycles. The van der Waals surface area contributed by atoms with Gasteiger partial charge < -0.3 is 14.1 Å². The highest BCUT2D eigenvalue weighted by Crippen LogP contribution is 2.39. The summed E-state index contributed by atoms with van der Waals surface area (Å²) in [6.07, 6.45) is 5.90. The van der Waals surface area contributed by atoms with Gasteiger partial charge in [0.2, 0.25) is 0 Å². The van der Waals surface area contributed by atoms with Gasteiger partial charge in [-0.3, -0.25) is 0 Å². The molecule has 1 N–H and O–H groups in total. The molecule has 2 aromatic carbocycles. The van der Waals surface area contributed by atoms with Gasteiger partial charge in [0.05, 0.1) is 18.8 Å². The summed E-state index contributed by atoms with van der Waals surface area (Å²) in [7, 11) is -4.54. The fraction of sp³-hybridized carbons (Fsp3) is 0.533. The van der Waals surface area contributed by atoms with E-state index in [9.17, 15) is 5.21 Å². The second-order valence-corrected chi connectivity index (χ2v) is 21.7. The number of nitrogens with zero attached hydrogens (tertiary/aromatic N) is 1. The van der Waals surface area contributed by atoms with E-state index < -0.39 is 16.6 Å². The summed E-state index contributed by atoms with van der Waals surface area (Å²) in [5.74, 6) is 0. The number of benzene rings is 2. The van der Waals surface area contributed by atoms with E-state index in [-0.39, 0.29) is 22.2 Å². The zero-order valence-corrected chi connectivity index (χ0v) is 25.6. The maximum Gasteiger partial charge on any atom is 0.261 e. The Morgan fingerprint density at radius 3 is 1.89 bits per heavy atom. The lowest BCUT2D eigenvalue weighted by Gasteiger charge is -2.48. The van der Waals surface area contributed by atoms with Crippen LogP contribution in [-0.4, -0.2) is 52.2 Å². The van der Waals surface area contributed by atoms with Gasteiger partial charge >= 0.3 is 0 Å². The van der Waals surface area contributed by atoms with Crippen LogP contribution in [0.5, 0.6) is 0 Å². The van der Waals surface area contributed by atoms with Crippen molar-refractivity contribution in [1.29, 1.82) is 0 Å². The van der Waals surface area contributed by atoms with E-state index in [1.807, 2.05) is 0 Å². The van der Waals surface area contributed by atoms with Crippen LogP contribution in [0.15, 0.2) is 72.8 Å². The predicted molar refractivity (Wildman–Crippen MR) is 156 cm³/mol. The predicted octanol–water partition coefficient (Wildman–Crippen LogP) is 6.36. The minimum Gasteiger partial charge on any atom is -0.413 e. The summed E-state index contributed by atoms with van der Waals surface area (Å²) in [6.45, 7) is 19.4. The van der Waals surface area contributed by atoms with Crippen LogP contribution < -0.4 is 10.4 Å². The molecule has 0 spiro atoms. The van der Waals surface area contributed by atoms with Crippen molar-refractivity contribution in [2.45, 2.75) is 89.7 Å². The van der Waals surface area contributed by atoms with Crippen molar-refractivity contribution >= 4 is 27.0 Å². The van der Waals surface area contributed by atoms with Crippen molar-refractivity contribution < 1.29 is 14.1 Å². The Bertz CT molecular complexity index is 941. The third-order valence-corrected chi connectivity index (χ3v) is 17.6. The minimum absolute atomic E-state index is 0.104. The highest BCUT2D eigenvalue weighted by atomic mass is 28.4. The standard InChI is InChI=1S/C30H47NO3Si2/c1-29(2,3)35(7,8)33-24-16-21-27-28(22-15-23-31(27)32)34-36(30(4,5)6,25-17-11-9-12-18-25)26-19-13-10-14-20-26/h9-14,16-21,27-28,32H,15,22-24H2,1-8H3/b21-16-/t27-,28+/m1/s1. The molecule has 198 valence electrons. The van der Waals surface area contributed by atoms with Gasteiger partial charge in [-0.25, -0.2) is 0 Å². The van der Waals surface area contributed by atoms with Crippen LogP contribution in [-0.2, 0) is 8.85 Å². The molecule has 1 aliphatic rings. The fourth-order valence-corrected chi connectivity index (χ4v) is 10.6. The van der Waals surface area contributed by atoms with E-state index in [0.717, 1.165) is 12.8 Å². The molecular formula is C30H47NO3Si2. The first kappa shape index (κ1) is 29.0. The van der Waals surface area contributed by atoms with E-state index in [0.29, 0.717) is 13.2 Å². The molecule has 0 unspecified atom stereocenters. The SMILES string of the molecule is CC(C)(C)[Si](C)(C)OC/C=C\[C@@H]1[C@@H](O[Si](c2ccccc2)(c2ccccc2)C(C)(C)C)CCCN1O. The van der Waals surface area contributed by atoms with Crippen LogP contribution in [0.4, 0.5) is 0 Å². The molecule has 2 atom stereocenters. The second-order valence-electron chi connectivity index (χ2n) is 12.6. The summed E-state index contributed by atoms with van der Waals surface area (Å²) >= 11 is 0. The Morgan fingerprint density at radius 2 is 1.42 bits per heavy atom. The van der Waals surface area contributed by atoms with E-state index in [2.05, 4.69) is 127 Å². The Morgan fingerprint density at radius 1 is 0.889 bits per heavy atom. The van der Waals surface area contributed by atoms with Crippen LogP contribution in [0, 0.1) is 0 Å². The van der Waals surface area contributed by atoms with E-state index in [1.165, 1.54) is 15.4 Å². The smallest absolute Gasteiger partial charge is 0.261 e. The molecule has 0 radical (unpaired) electrons. The topological polar surface area (TPSA) is 41.9 Å². The zero-order chi connectivity index (χ0) is 26.6. The first-order valence-corrected chi connectivity index (χ1v) is 18.2. The minimum atomic E-state index is -2.71. The van der Waals surface area contributed by atoms with E-state index in [1.54, 1.807) is 0 Å². The summed E-state index contributed by atoms with van der Waals surface area (Å²) in [5, 5.41) is 15.0. The molecular weight excluding hydrogens is 479 g/mol. The highest BCUT2D eigenvalue weighted by Gasteiger charge is 2.52. The van der Waals surface area contributed by atoms with Gasteiger partial charge in [-0.05, 0) is 46.4 Å². The van der Waals surface area contributed by atoms with Gasteiger partial charge in [0.1, 0.15) is 0 Å². The van der Waals surface area contributed by atoms with Gasteiger partial charge in [-0.15, -0.1) is 0 Å². The van der Waals surface area contributed by atoms with Crippen LogP contribution in [0.25, 0.3) is 0 Å². The Labute approximate surface area is 221 Å². The summed E-state index contributed by atoms with van der Waals surface area (Å²) in [6, 6.07) is 21.3. The average molecular weight is 526 g/mol. The average Bonchev–Trinajstić information content (AvgIpc) is 2.81. The molecule has 0 saturated carbocycles. The first-order chi connectivity index (χ1) is 16.8. The molecule has 0 aromatic heterocycles. The number of hydroxylamine groups is 2. The van der Waals surface area contributed by atoms with E-state index >= 15 is 0 Å². The molecule has 0 aliphatic carbocycles. The van der Waals surface area contributed by atoms with Gasteiger partial charge in [-0.1, -0.05) is 114 Å². The maximum absolute atomic E-state index is 11.0. The second kappa shape index (κ2) is 11.5. The number of piperidine rings is 1. The lowest BCUT2D eigenvalue weighted by Crippen LogP contribution is -2.69. The quantitative estimate of drug-likeness (QED) is 0.321. The van der Waals surface area contributed by atoms with Crippen molar-refractivity contribution in [1.82, 2.24) is 5.06 Å². The van der Waals surface area contributed by atoms with Gasteiger partial charge in [0.25, 0.3) is 8.32 Å². The molecule has 36 heavy (non-hydrogen) atoms. The third kappa shape index (κ3) is 6.29. The molecule has 2 aromatic rings. The molecule has 0 bridgehead atoms. The molecule has 4 nitrogen and oxygen atoms in total. The van der Waals surface area contributed by atoms with Crippen molar-refractivity contribution in [3.05, 3.63) is 72.8 Å². The Balaban J connectivity index is 1.96. The van der Waals surface area contributed by atoms with Crippen molar-refractivity contribution in [3.8, 4) is 0 Å². The zero-order valence-electron chi connectivity index (χ0n) is 23.6. The first-order valence-electron chi connectivity index (χ1n) is 13.3. The third-order valence-electron chi connectivity index (χ3n) is 8.03. The summed E-state index contributed by atoms with van der Waals surface area (Å²) < 4.78 is 13.8. The molecule has 1 fully saturated rings. The van der Waals surface area contributed by atoms with Gasteiger partial charge in [0, 0.05) is 6.54 Å². The molecule has 1 aliphatic heterocycles. The molecule has 0 amide bonds. The van der Waals surface area contributed by atoms with Crippen molar-refractivity contribution in [2.75, 3.05) is 13.2 Å². The number of hydrogen-bond acceptors (Lipinski definition) is 4. The lowest BCUT2D eigenvalue weighted by molar-refractivity contribution is -0.156. The van der Waals surface area contributed by atoms with Crippen LogP contribution in [0.2, 0.25) is 23.2 Å². The van der Waals surface area contributed by atoms with Crippen LogP contribution >= 0.6 is 0 Å². The monoisotopic (exact) mass is 525 g/mol. The van der Waals surface area contributed by atoms with Gasteiger partial charge in [0.15, 0.2) is 8.32 Å². The highest BCUT2D eigenvalue weighted by molar-refractivity contribution is 6.99. The largest absolute Gasteiger partial charge is 0.413 e. The number of rotatable bonds is 8. The lowest BCUT2D eigenvalue weighted by atomic mass is 10.0. The number of hydrogen-bond donors (Lipinski definition) is 1. The Kier molecular flexibility index (Phi) is 9.24. The van der Waals surface area contributed by atoms with Gasteiger partial charge in [-0.2, -0.15) is 5.06 Å². The van der Waals surface area contributed by atoms with E-state index in [4.69, 9.17) is 8.85 Å². The van der Waals surface area contributed by atoms with Crippen LogP contribution in [0.3, 0.4) is 0 Å². The maximum atomic E-state index is 11.0. The van der Waals surface area contributed by atoms with Crippen molar-refractivity contribution in [3.63, 3.8) is 0 Å².